The molecule has 1 aromatic rings. The molecular formula is C18H29N. The lowest BCUT2D eigenvalue weighted by Crippen LogP contribution is -2.23. The molecule has 0 N–H and O–H groups in total. The first-order chi connectivity index (χ1) is 8.81. The zero-order valence-corrected chi connectivity index (χ0v) is 13.7. The Morgan fingerprint density at radius 2 is 1.89 bits per heavy atom. The van der Waals surface area contributed by atoms with Crippen LogP contribution in [0.25, 0.3) is 0 Å². The summed E-state index contributed by atoms with van der Waals surface area (Å²) in [6.07, 6.45) is 3.35. The molecule has 1 nitrogen and oxygen atoms in total. The van der Waals surface area contributed by atoms with Crippen LogP contribution in [-0.2, 0) is 5.41 Å². The molecule has 0 aliphatic rings. The fourth-order valence-corrected chi connectivity index (χ4v) is 2.29. The summed E-state index contributed by atoms with van der Waals surface area (Å²) in [5.41, 5.74) is 5.65. The van der Waals surface area contributed by atoms with Crippen molar-refractivity contribution >= 4 is 5.69 Å². The van der Waals surface area contributed by atoms with Gasteiger partial charge in [-0.05, 0) is 49.8 Å². The number of hydrogen-bond donors (Lipinski definition) is 0. The number of aryl methyl sites for hydroxylation is 1. The van der Waals surface area contributed by atoms with Crippen molar-refractivity contribution in [3.8, 4) is 0 Å². The molecule has 0 unspecified atom stereocenters. The number of rotatable bonds is 4. The van der Waals surface area contributed by atoms with E-state index in [-0.39, 0.29) is 5.41 Å². The second-order valence-corrected chi connectivity index (χ2v) is 6.33. The number of hydrogen-bond acceptors (Lipinski definition) is 1. The van der Waals surface area contributed by atoms with Crippen molar-refractivity contribution in [2.75, 3.05) is 11.4 Å². The smallest absolute Gasteiger partial charge is 0.0437 e. The van der Waals surface area contributed by atoms with Crippen LogP contribution < -0.4 is 4.90 Å². The summed E-state index contributed by atoms with van der Waals surface area (Å²) in [5, 5.41) is 0. The lowest BCUT2D eigenvalue weighted by molar-refractivity contribution is 0.589. The van der Waals surface area contributed by atoms with Crippen LogP contribution in [-0.4, -0.2) is 6.54 Å². The van der Waals surface area contributed by atoms with Gasteiger partial charge in [0.15, 0.2) is 0 Å². The monoisotopic (exact) mass is 259 g/mol. The second kappa shape index (κ2) is 6.27. The lowest BCUT2D eigenvalue weighted by atomic mass is 9.86. The van der Waals surface area contributed by atoms with Gasteiger partial charge >= 0.3 is 0 Å². The number of anilines is 1. The Bertz CT molecular complexity index is 449. The summed E-state index contributed by atoms with van der Waals surface area (Å²) >= 11 is 0. The van der Waals surface area contributed by atoms with Crippen LogP contribution in [0.4, 0.5) is 5.69 Å². The van der Waals surface area contributed by atoms with Gasteiger partial charge in [0.1, 0.15) is 0 Å². The molecule has 0 aromatic heterocycles. The summed E-state index contributed by atoms with van der Waals surface area (Å²) in [6, 6.07) is 6.88. The highest BCUT2D eigenvalue weighted by Gasteiger charge is 2.16. The van der Waals surface area contributed by atoms with Crippen LogP contribution in [0.2, 0.25) is 0 Å². The van der Waals surface area contributed by atoms with E-state index in [0.29, 0.717) is 0 Å². The molecule has 0 saturated heterocycles. The van der Waals surface area contributed by atoms with E-state index in [2.05, 4.69) is 77.6 Å². The number of nitrogens with zero attached hydrogens (tertiary/aromatic N) is 1. The second-order valence-electron chi connectivity index (χ2n) is 6.33. The Kier molecular flexibility index (Phi) is 5.22. The van der Waals surface area contributed by atoms with Gasteiger partial charge in [-0.1, -0.05) is 45.9 Å². The van der Waals surface area contributed by atoms with Gasteiger partial charge in [-0.15, -0.1) is 0 Å². The summed E-state index contributed by atoms with van der Waals surface area (Å²) in [5.74, 6) is 0. The molecule has 0 aliphatic heterocycles. The highest BCUT2D eigenvalue weighted by atomic mass is 15.1. The first-order valence-corrected chi connectivity index (χ1v) is 7.32. The molecule has 0 aliphatic carbocycles. The average molecular weight is 259 g/mol. The van der Waals surface area contributed by atoms with E-state index in [4.69, 9.17) is 0 Å². The average Bonchev–Trinajstić information content (AvgIpc) is 2.34. The minimum absolute atomic E-state index is 0.217. The van der Waals surface area contributed by atoms with Gasteiger partial charge in [0.05, 0.1) is 0 Å². The third-order valence-electron chi connectivity index (χ3n) is 3.64. The first kappa shape index (κ1) is 15.8. The molecule has 19 heavy (non-hydrogen) atoms. The van der Waals surface area contributed by atoms with E-state index < -0.39 is 0 Å². The quantitative estimate of drug-likeness (QED) is 0.696. The minimum Gasteiger partial charge on any atom is -0.346 e. The molecule has 106 valence electrons. The molecule has 0 spiro atoms. The van der Waals surface area contributed by atoms with Crippen molar-refractivity contribution in [1.82, 2.24) is 0 Å². The van der Waals surface area contributed by atoms with Crippen LogP contribution >= 0.6 is 0 Å². The molecule has 0 amide bonds. The summed E-state index contributed by atoms with van der Waals surface area (Å²) in [4.78, 5) is 2.42. The van der Waals surface area contributed by atoms with Crippen LogP contribution in [0, 0.1) is 6.92 Å². The number of benzene rings is 1. The van der Waals surface area contributed by atoms with E-state index >= 15 is 0 Å². The lowest BCUT2D eigenvalue weighted by Gasteiger charge is -2.28. The molecule has 0 bridgehead atoms. The predicted molar refractivity (Wildman–Crippen MR) is 86.9 cm³/mol. The molecule has 0 fully saturated rings. The molecule has 0 atom stereocenters. The van der Waals surface area contributed by atoms with Gasteiger partial charge in [0.25, 0.3) is 0 Å². The maximum absolute atomic E-state index is 2.42. The molecule has 1 aromatic carbocycles. The van der Waals surface area contributed by atoms with Crippen LogP contribution in [0.5, 0.6) is 0 Å². The van der Waals surface area contributed by atoms with Gasteiger partial charge in [0.2, 0.25) is 0 Å². The van der Waals surface area contributed by atoms with E-state index in [1.165, 1.54) is 22.5 Å². The topological polar surface area (TPSA) is 3.24 Å². The first-order valence-electron chi connectivity index (χ1n) is 7.32. The van der Waals surface area contributed by atoms with Gasteiger partial charge < -0.3 is 4.90 Å². The van der Waals surface area contributed by atoms with Gasteiger partial charge in [0, 0.05) is 17.9 Å². The standard InChI is InChI=1S/C18H29N/c1-8-12-19(15(4)9-2)17-11-10-16(13-14(17)3)18(5,6)7/h9-11,13H,8,12H2,1-7H3/b15-9-. The molecule has 0 saturated carbocycles. The fourth-order valence-electron chi connectivity index (χ4n) is 2.29. The molecule has 0 radical (unpaired) electrons. The Labute approximate surface area is 119 Å². The maximum Gasteiger partial charge on any atom is 0.0437 e. The van der Waals surface area contributed by atoms with E-state index in [9.17, 15) is 0 Å². The van der Waals surface area contributed by atoms with E-state index in [1.807, 2.05) is 0 Å². The normalized spacial score (nSPS) is 12.7. The van der Waals surface area contributed by atoms with E-state index in [1.54, 1.807) is 0 Å². The van der Waals surface area contributed by atoms with Crippen molar-refractivity contribution in [2.24, 2.45) is 0 Å². The molecule has 1 rings (SSSR count). The van der Waals surface area contributed by atoms with Crippen molar-refractivity contribution in [3.63, 3.8) is 0 Å². The van der Waals surface area contributed by atoms with Crippen LogP contribution in [0.1, 0.15) is 59.1 Å². The van der Waals surface area contributed by atoms with Crippen molar-refractivity contribution in [1.29, 1.82) is 0 Å². The predicted octanol–water partition coefficient (Wildman–Crippen LogP) is 5.43. The molecule has 1 heteroatoms. The Morgan fingerprint density at radius 1 is 1.26 bits per heavy atom. The fraction of sp³-hybridized carbons (Fsp3) is 0.556. The molecular weight excluding hydrogens is 230 g/mol. The maximum atomic E-state index is 2.42. The summed E-state index contributed by atoms with van der Waals surface area (Å²) < 4.78 is 0. The van der Waals surface area contributed by atoms with Crippen LogP contribution in [0.3, 0.4) is 0 Å². The third-order valence-corrected chi connectivity index (χ3v) is 3.64. The zero-order chi connectivity index (χ0) is 14.6. The van der Waals surface area contributed by atoms with Crippen molar-refractivity contribution in [3.05, 3.63) is 41.1 Å². The zero-order valence-electron chi connectivity index (χ0n) is 13.7. The van der Waals surface area contributed by atoms with Crippen molar-refractivity contribution in [2.45, 2.75) is 60.3 Å². The number of allylic oxidation sites excluding steroid dienone is 2. The Hall–Kier alpha value is -1.24. The SMILES string of the molecule is C/C=C(/C)N(CCC)c1ccc(C(C)(C)C)cc1C. The Balaban J connectivity index is 3.19. The minimum atomic E-state index is 0.217. The third kappa shape index (κ3) is 3.86. The summed E-state index contributed by atoms with van der Waals surface area (Å²) in [6.45, 7) is 16.6. The van der Waals surface area contributed by atoms with Crippen LogP contribution in [0.15, 0.2) is 30.0 Å². The summed E-state index contributed by atoms with van der Waals surface area (Å²) in [7, 11) is 0. The molecule has 0 heterocycles. The van der Waals surface area contributed by atoms with E-state index in [0.717, 1.165) is 13.0 Å². The van der Waals surface area contributed by atoms with Crippen molar-refractivity contribution < 1.29 is 0 Å². The van der Waals surface area contributed by atoms with Gasteiger partial charge in [-0.25, -0.2) is 0 Å². The van der Waals surface area contributed by atoms with Gasteiger partial charge in [-0.2, -0.15) is 0 Å². The highest BCUT2D eigenvalue weighted by Crippen LogP contribution is 2.30. The highest BCUT2D eigenvalue weighted by molar-refractivity contribution is 5.58. The Morgan fingerprint density at radius 3 is 2.32 bits per heavy atom. The largest absolute Gasteiger partial charge is 0.346 e. The van der Waals surface area contributed by atoms with Gasteiger partial charge in [-0.3, -0.25) is 0 Å².